The first-order valence-corrected chi connectivity index (χ1v) is 10.2. The summed E-state index contributed by atoms with van der Waals surface area (Å²) in [5, 5.41) is 15.5. The van der Waals surface area contributed by atoms with Crippen molar-refractivity contribution in [1.29, 1.82) is 0 Å². The number of urea groups is 1. The summed E-state index contributed by atoms with van der Waals surface area (Å²) in [5.74, 6) is 0. The maximum atomic E-state index is 12.5. The Balaban J connectivity index is 1.29. The lowest BCUT2D eigenvalue weighted by molar-refractivity contribution is 0.0716. The number of rotatable bonds is 2. The van der Waals surface area contributed by atoms with Crippen LogP contribution in [0.15, 0.2) is 30.7 Å². The highest BCUT2D eigenvalue weighted by Gasteiger charge is 2.35. The zero-order chi connectivity index (χ0) is 20.0. The first-order valence-electron chi connectivity index (χ1n) is 10.2. The van der Waals surface area contributed by atoms with Gasteiger partial charge in [-0.2, -0.15) is 0 Å². The molecule has 3 aromatic heterocycles. The van der Waals surface area contributed by atoms with Gasteiger partial charge in [0, 0.05) is 54.5 Å². The average Bonchev–Trinajstić information content (AvgIpc) is 3.34. The summed E-state index contributed by atoms with van der Waals surface area (Å²) < 4.78 is 0. The van der Waals surface area contributed by atoms with Crippen molar-refractivity contribution in [3.63, 3.8) is 0 Å². The number of fused-ring (bicyclic) bond motifs is 3. The minimum Gasteiger partial charge on any atom is -0.388 e. The predicted molar refractivity (Wildman–Crippen MR) is 112 cm³/mol. The number of aromatic amines is 1. The van der Waals surface area contributed by atoms with E-state index >= 15 is 0 Å². The summed E-state index contributed by atoms with van der Waals surface area (Å²) in [6.07, 6.45) is 7.98. The van der Waals surface area contributed by atoms with E-state index in [0.29, 0.717) is 19.5 Å². The Hall–Kier alpha value is -2.87. The molecular formula is C21H26N6O2. The molecule has 2 aliphatic rings. The van der Waals surface area contributed by atoms with Gasteiger partial charge in [-0.15, -0.1) is 0 Å². The number of carbonyl (C=O) groups is 1. The van der Waals surface area contributed by atoms with Gasteiger partial charge in [0.2, 0.25) is 0 Å². The van der Waals surface area contributed by atoms with Gasteiger partial charge in [0.1, 0.15) is 5.65 Å². The highest BCUT2D eigenvalue weighted by molar-refractivity contribution is 6.09. The third-order valence-electron chi connectivity index (χ3n) is 6.17. The van der Waals surface area contributed by atoms with Crippen molar-refractivity contribution >= 4 is 33.7 Å². The zero-order valence-electron chi connectivity index (χ0n) is 16.6. The summed E-state index contributed by atoms with van der Waals surface area (Å²) in [6, 6.07) is 4.22. The van der Waals surface area contributed by atoms with Crippen LogP contribution in [0.1, 0.15) is 26.2 Å². The van der Waals surface area contributed by atoms with Crippen LogP contribution < -0.4 is 10.2 Å². The van der Waals surface area contributed by atoms with E-state index in [1.165, 1.54) is 5.69 Å². The second kappa shape index (κ2) is 6.88. The number of hydrogen-bond donors (Lipinski definition) is 3. The molecule has 5 heterocycles. The van der Waals surface area contributed by atoms with Crippen LogP contribution >= 0.6 is 0 Å². The Kier molecular flexibility index (Phi) is 4.31. The fraction of sp³-hybridized carbons (Fsp3) is 0.476. The van der Waals surface area contributed by atoms with Gasteiger partial charge in [-0.25, -0.2) is 9.78 Å². The standard InChI is InChI=1S/C21H26N6O2/c1-21(29)6-11-27(13-21)20(28)25-14-4-9-26(10-5-14)17-3-8-22-16-12-24-19-15(18(16)17)2-7-23-19/h2-3,7-8,12,14,29H,4-6,9-11,13H2,1H3,(H,23,24)(H,25,28). The number of nitrogens with zero attached hydrogens (tertiary/aromatic N) is 4. The number of H-pyrrole nitrogens is 1. The second-order valence-electron chi connectivity index (χ2n) is 8.47. The van der Waals surface area contributed by atoms with Crippen molar-refractivity contribution in [3.8, 4) is 0 Å². The Morgan fingerprint density at radius 2 is 2.10 bits per heavy atom. The lowest BCUT2D eigenvalue weighted by atomic mass is 10.0. The van der Waals surface area contributed by atoms with Crippen LogP contribution in [0.25, 0.3) is 21.9 Å². The van der Waals surface area contributed by atoms with Crippen molar-refractivity contribution in [3.05, 3.63) is 30.7 Å². The van der Waals surface area contributed by atoms with E-state index in [0.717, 1.165) is 47.9 Å². The Bertz CT molecular complexity index is 1050. The quantitative estimate of drug-likeness (QED) is 0.619. The van der Waals surface area contributed by atoms with Gasteiger partial charge in [-0.1, -0.05) is 0 Å². The number of anilines is 1. The summed E-state index contributed by atoms with van der Waals surface area (Å²) in [7, 11) is 0. The number of pyridine rings is 2. The van der Waals surface area contributed by atoms with Crippen molar-refractivity contribution < 1.29 is 9.90 Å². The summed E-state index contributed by atoms with van der Waals surface area (Å²) in [5.41, 5.74) is 2.17. The number of piperidine rings is 1. The van der Waals surface area contributed by atoms with Gasteiger partial charge in [-0.05, 0) is 38.3 Å². The number of aliphatic hydroxyl groups is 1. The van der Waals surface area contributed by atoms with Crippen LogP contribution in [0.2, 0.25) is 0 Å². The number of aromatic nitrogens is 3. The molecule has 0 aromatic carbocycles. The molecule has 0 bridgehead atoms. The predicted octanol–water partition coefficient (Wildman–Crippen LogP) is 2.25. The third kappa shape index (κ3) is 3.37. The molecule has 0 spiro atoms. The molecule has 0 saturated carbocycles. The number of β-amino-alcohol motifs (C(OH)–C–C–N with tert-alkyl or cyclic N) is 1. The summed E-state index contributed by atoms with van der Waals surface area (Å²) >= 11 is 0. The van der Waals surface area contributed by atoms with Crippen molar-refractivity contribution in [2.75, 3.05) is 31.1 Å². The molecule has 1 atom stereocenters. The first kappa shape index (κ1) is 18.2. The molecule has 8 heteroatoms. The van der Waals surface area contributed by atoms with E-state index < -0.39 is 5.60 Å². The van der Waals surface area contributed by atoms with E-state index in [1.807, 2.05) is 24.7 Å². The van der Waals surface area contributed by atoms with Gasteiger partial charge in [0.05, 0.1) is 23.9 Å². The highest BCUT2D eigenvalue weighted by atomic mass is 16.3. The van der Waals surface area contributed by atoms with E-state index in [2.05, 4.69) is 31.2 Å². The minimum atomic E-state index is -0.762. The Morgan fingerprint density at radius 3 is 2.86 bits per heavy atom. The maximum absolute atomic E-state index is 12.5. The number of nitrogens with one attached hydrogen (secondary N) is 2. The van der Waals surface area contributed by atoms with E-state index in [9.17, 15) is 9.90 Å². The van der Waals surface area contributed by atoms with Gasteiger partial charge in [0.25, 0.3) is 0 Å². The smallest absolute Gasteiger partial charge is 0.317 e. The fourth-order valence-corrected chi connectivity index (χ4v) is 4.55. The topological polar surface area (TPSA) is 97.4 Å². The normalized spacial score (nSPS) is 23.2. The molecule has 2 saturated heterocycles. The van der Waals surface area contributed by atoms with E-state index in [4.69, 9.17) is 0 Å². The number of carbonyl (C=O) groups excluding carboxylic acids is 1. The molecule has 1 unspecified atom stereocenters. The molecule has 29 heavy (non-hydrogen) atoms. The number of likely N-dealkylation sites (tertiary alicyclic amines) is 1. The van der Waals surface area contributed by atoms with Gasteiger partial charge < -0.3 is 25.2 Å². The van der Waals surface area contributed by atoms with Crippen LogP contribution in [0.4, 0.5) is 10.5 Å². The molecule has 152 valence electrons. The highest BCUT2D eigenvalue weighted by Crippen LogP contribution is 2.32. The fourth-order valence-electron chi connectivity index (χ4n) is 4.55. The van der Waals surface area contributed by atoms with Crippen molar-refractivity contribution in [2.45, 2.75) is 37.8 Å². The zero-order valence-corrected chi connectivity index (χ0v) is 16.6. The van der Waals surface area contributed by atoms with E-state index in [1.54, 1.807) is 11.8 Å². The molecule has 2 aliphatic heterocycles. The largest absolute Gasteiger partial charge is 0.388 e. The van der Waals surface area contributed by atoms with Crippen LogP contribution in [0.5, 0.6) is 0 Å². The lowest BCUT2D eigenvalue weighted by Gasteiger charge is -2.35. The summed E-state index contributed by atoms with van der Waals surface area (Å²) in [4.78, 5) is 28.7. The van der Waals surface area contributed by atoms with E-state index in [-0.39, 0.29) is 12.1 Å². The maximum Gasteiger partial charge on any atom is 0.317 e. The number of hydrogen-bond acceptors (Lipinski definition) is 5. The Morgan fingerprint density at radius 1 is 1.28 bits per heavy atom. The molecule has 3 aromatic rings. The molecule has 0 aliphatic carbocycles. The van der Waals surface area contributed by atoms with Gasteiger partial charge in [0.15, 0.2) is 0 Å². The first-order chi connectivity index (χ1) is 14.0. The monoisotopic (exact) mass is 394 g/mol. The molecular weight excluding hydrogens is 368 g/mol. The SMILES string of the molecule is CC1(O)CCN(C(=O)NC2CCN(c3ccnc4cnc5[nH]ccc5c34)CC2)C1. The second-order valence-corrected chi connectivity index (χ2v) is 8.47. The molecule has 3 N–H and O–H groups in total. The van der Waals surface area contributed by atoms with Gasteiger partial charge in [-0.3, -0.25) is 4.98 Å². The van der Waals surface area contributed by atoms with Crippen LogP contribution in [-0.2, 0) is 0 Å². The average molecular weight is 394 g/mol. The van der Waals surface area contributed by atoms with Crippen LogP contribution in [0.3, 0.4) is 0 Å². The summed E-state index contributed by atoms with van der Waals surface area (Å²) in [6.45, 7) is 4.55. The molecule has 0 radical (unpaired) electrons. The van der Waals surface area contributed by atoms with Crippen molar-refractivity contribution in [2.24, 2.45) is 0 Å². The number of amides is 2. The Labute approximate surface area is 168 Å². The molecule has 2 amide bonds. The van der Waals surface area contributed by atoms with Crippen LogP contribution in [-0.4, -0.2) is 68.8 Å². The molecule has 2 fully saturated rings. The lowest BCUT2D eigenvalue weighted by Crippen LogP contribution is -2.49. The van der Waals surface area contributed by atoms with Crippen LogP contribution in [0, 0.1) is 0 Å². The minimum absolute atomic E-state index is 0.0595. The van der Waals surface area contributed by atoms with Gasteiger partial charge >= 0.3 is 6.03 Å². The van der Waals surface area contributed by atoms with Crippen molar-refractivity contribution in [1.82, 2.24) is 25.2 Å². The molecule has 5 rings (SSSR count). The molecule has 8 nitrogen and oxygen atoms in total. The third-order valence-corrected chi connectivity index (χ3v) is 6.17.